The fourth-order valence-corrected chi connectivity index (χ4v) is 5.96. The molecule has 0 unspecified atom stereocenters. The van der Waals surface area contributed by atoms with E-state index in [9.17, 15) is 19.5 Å². The van der Waals surface area contributed by atoms with Gasteiger partial charge >= 0.3 is 5.69 Å². The number of methoxy groups -OCH3 is 2. The van der Waals surface area contributed by atoms with Gasteiger partial charge in [0.2, 0.25) is 5.91 Å². The third kappa shape index (κ3) is 7.98. The zero-order valence-electron chi connectivity index (χ0n) is 28.8. The topological polar surface area (TPSA) is 154 Å². The monoisotopic (exact) mass is 688 g/mol. The zero-order valence-corrected chi connectivity index (χ0v) is 28.8. The molecule has 2 heterocycles. The van der Waals surface area contributed by atoms with Crippen molar-refractivity contribution in [2.75, 3.05) is 54.6 Å². The number of aromatic nitrogens is 2. The molecule has 13 nitrogen and oxygen atoms in total. The molecule has 50 heavy (non-hydrogen) atoms. The van der Waals surface area contributed by atoms with Gasteiger partial charge in [0.25, 0.3) is 5.56 Å². The van der Waals surface area contributed by atoms with E-state index in [1.165, 1.54) is 6.20 Å². The van der Waals surface area contributed by atoms with Gasteiger partial charge in [-0.25, -0.2) is 4.79 Å². The summed E-state index contributed by atoms with van der Waals surface area (Å²) in [6.45, 7) is 2.00. The van der Waals surface area contributed by atoms with Crippen molar-refractivity contribution in [1.29, 1.82) is 0 Å². The van der Waals surface area contributed by atoms with E-state index in [0.29, 0.717) is 24.6 Å². The summed E-state index contributed by atoms with van der Waals surface area (Å²) in [7, 11) is 6.97. The van der Waals surface area contributed by atoms with Crippen molar-refractivity contribution in [2.45, 2.75) is 37.1 Å². The van der Waals surface area contributed by atoms with Crippen LogP contribution in [0, 0.1) is 6.92 Å². The van der Waals surface area contributed by atoms with Gasteiger partial charge in [0.1, 0.15) is 42.0 Å². The van der Waals surface area contributed by atoms with Gasteiger partial charge in [0, 0.05) is 24.8 Å². The fourth-order valence-electron chi connectivity index (χ4n) is 5.96. The second kappa shape index (κ2) is 16.3. The summed E-state index contributed by atoms with van der Waals surface area (Å²) in [5.41, 5.74) is 0.0859. The molecule has 4 aromatic rings. The predicted octanol–water partition coefficient (Wildman–Crippen LogP) is 2.19. The third-order valence-electron chi connectivity index (χ3n) is 8.66. The van der Waals surface area contributed by atoms with Gasteiger partial charge in [-0.05, 0) is 62.0 Å². The molecule has 266 valence electrons. The van der Waals surface area contributed by atoms with Crippen molar-refractivity contribution in [3.05, 3.63) is 128 Å². The lowest BCUT2D eigenvalue weighted by Crippen LogP contribution is -2.43. The first-order valence-corrected chi connectivity index (χ1v) is 16.2. The number of hydrogen-bond donors (Lipinski definition) is 3. The van der Waals surface area contributed by atoms with Crippen LogP contribution in [-0.4, -0.2) is 98.4 Å². The van der Waals surface area contributed by atoms with Gasteiger partial charge in [0.05, 0.1) is 20.8 Å². The second-order valence-corrected chi connectivity index (χ2v) is 12.3. The van der Waals surface area contributed by atoms with E-state index < -0.39 is 53.9 Å². The van der Waals surface area contributed by atoms with Crippen molar-refractivity contribution in [3.8, 4) is 11.5 Å². The first-order chi connectivity index (χ1) is 24.1. The van der Waals surface area contributed by atoms with Gasteiger partial charge in [-0.2, -0.15) is 0 Å². The minimum Gasteiger partial charge on any atom is -0.497 e. The quantitative estimate of drug-likeness (QED) is 0.159. The Hall–Kier alpha value is -4.79. The van der Waals surface area contributed by atoms with Crippen LogP contribution >= 0.6 is 0 Å². The van der Waals surface area contributed by atoms with E-state index in [1.807, 2.05) is 97.9 Å². The SMILES string of the molecule is COc1ccc(C(OC[C@H]2O[C@@H](n3cc(C)c(=O)[nH]c3=O)[C@H](OCC(=O)NCCN(C)C)[C@@H]2O)(c2ccccc2)c2ccc(OC)cc2)cc1. The van der Waals surface area contributed by atoms with Crippen LogP contribution in [-0.2, 0) is 24.6 Å². The van der Waals surface area contributed by atoms with Crippen molar-refractivity contribution in [3.63, 3.8) is 0 Å². The smallest absolute Gasteiger partial charge is 0.330 e. The average Bonchev–Trinajstić information content (AvgIpc) is 3.44. The largest absolute Gasteiger partial charge is 0.497 e. The van der Waals surface area contributed by atoms with E-state index >= 15 is 0 Å². The second-order valence-electron chi connectivity index (χ2n) is 12.3. The van der Waals surface area contributed by atoms with Crippen LogP contribution in [0.5, 0.6) is 11.5 Å². The number of aryl methyl sites for hydroxylation is 1. The van der Waals surface area contributed by atoms with Gasteiger partial charge < -0.3 is 39.0 Å². The summed E-state index contributed by atoms with van der Waals surface area (Å²) in [6.07, 6.45) is -3.38. The number of H-pyrrole nitrogens is 1. The van der Waals surface area contributed by atoms with E-state index in [4.69, 9.17) is 23.7 Å². The van der Waals surface area contributed by atoms with Gasteiger partial charge in [-0.3, -0.25) is 19.1 Å². The summed E-state index contributed by atoms with van der Waals surface area (Å²) in [6, 6.07) is 24.7. The van der Waals surface area contributed by atoms with Crippen LogP contribution in [0.2, 0.25) is 0 Å². The molecule has 1 saturated heterocycles. The highest BCUT2D eigenvalue weighted by Gasteiger charge is 2.48. The number of aromatic amines is 1. The lowest BCUT2D eigenvalue weighted by atomic mass is 9.80. The molecule has 1 fully saturated rings. The third-order valence-corrected chi connectivity index (χ3v) is 8.66. The first-order valence-electron chi connectivity index (χ1n) is 16.2. The van der Waals surface area contributed by atoms with Crippen LogP contribution in [0.1, 0.15) is 28.5 Å². The van der Waals surface area contributed by atoms with Crippen LogP contribution in [0.15, 0.2) is 94.6 Å². The number of aliphatic hydroxyl groups is 1. The number of likely N-dealkylation sites (N-methyl/N-ethyl adjacent to an activating group) is 1. The Bertz CT molecular complexity index is 1780. The van der Waals surface area contributed by atoms with Crippen LogP contribution < -0.4 is 26.0 Å². The lowest BCUT2D eigenvalue weighted by molar-refractivity contribution is -0.133. The van der Waals surface area contributed by atoms with Crippen molar-refractivity contribution < 1.29 is 33.6 Å². The Balaban J connectivity index is 1.51. The number of nitrogens with one attached hydrogen (secondary N) is 2. The van der Waals surface area contributed by atoms with Gasteiger partial charge in [0.15, 0.2) is 6.23 Å². The highest BCUT2D eigenvalue weighted by Crippen LogP contribution is 2.43. The van der Waals surface area contributed by atoms with Crippen LogP contribution in [0.3, 0.4) is 0 Å². The zero-order chi connectivity index (χ0) is 35.8. The molecule has 1 aromatic heterocycles. The Morgan fingerprint density at radius 1 is 0.940 bits per heavy atom. The molecule has 0 radical (unpaired) electrons. The van der Waals surface area contributed by atoms with Gasteiger partial charge in [-0.1, -0.05) is 54.6 Å². The minimum atomic E-state index is -1.34. The molecule has 4 atom stereocenters. The molecule has 0 saturated carbocycles. The number of rotatable bonds is 15. The molecular weight excluding hydrogens is 644 g/mol. The molecular formula is C37H44N4O9. The summed E-state index contributed by atoms with van der Waals surface area (Å²) < 4.78 is 31.3. The molecule has 0 aliphatic carbocycles. The highest BCUT2D eigenvalue weighted by molar-refractivity contribution is 5.77. The Labute approximate surface area is 290 Å². The number of aliphatic hydroxyl groups excluding tert-OH is 1. The summed E-state index contributed by atoms with van der Waals surface area (Å²) in [4.78, 5) is 42.1. The molecule has 3 aromatic carbocycles. The Kier molecular flexibility index (Phi) is 11.9. The number of benzene rings is 3. The fraction of sp³-hybridized carbons (Fsp3) is 0.378. The maximum Gasteiger partial charge on any atom is 0.330 e. The standard InChI is InChI=1S/C37H44N4O9/c1-24-21-41(36(45)39-34(24)44)35-33(48-23-31(42)38-19-20-40(2)3)32(43)30(50-35)22-49-37(25-9-7-6-8-10-25,26-11-15-28(46-4)16-12-26)27-13-17-29(47-5)18-14-27/h6-18,21,30,32-33,35,43H,19-20,22-23H2,1-5H3,(H,38,42)(H,39,44,45)/t30-,32-,33-,35-/m1/s1. The van der Waals surface area contributed by atoms with E-state index in [-0.39, 0.29) is 12.2 Å². The molecule has 0 spiro atoms. The van der Waals surface area contributed by atoms with Crippen molar-refractivity contribution in [1.82, 2.24) is 19.8 Å². The maximum atomic E-state index is 13.0. The predicted molar refractivity (Wildman–Crippen MR) is 186 cm³/mol. The highest BCUT2D eigenvalue weighted by atomic mass is 16.6. The molecule has 1 aliphatic heterocycles. The van der Waals surface area contributed by atoms with Crippen molar-refractivity contribution >= 4 is 5.91 Å². The minimum absolute atomic E-state index is 0.170. The summed E-state index contributed by atoms with van der Waals surface area (Å²) in [5.74, 6) is 0.926. The Morgan fingerprint density at radius 3 is 2.08 bits per heavy atom. The van der Waals surface area contributed by atoms with E-state index in [1.54, 1.807) is 21.1 Å². The molecule has 5 rings (SSSR count). The summed E-state index contributed by atoms with van der Waals surface area (Å²) >= 11 is 0. The number of carbonyl (C=O) groups is 1. The number of hydrogen-bond acceptors (Lipinski definition) is 10. The summed E-state index contributed by atoms with van der Waals surface area (Å²) in [5, 5.41) is 14.5. The van der Waals surface area contributed by atoms with Crippen LogP contribution in [0.4, 0.5) is 0 Å². The van der Waals surface area contributed by atoms with Crippen molar-refractivity contribution in [2.24, 2.45) is 0 Å². The molecule has 0 bridgehead atoms. The number of carbonyl (C=O) groups excluding carboxylic acids is 1. The molecule has 13 heteroatoms. The molecule has 3 N–H and O–H groups in total. The average molecular weight is 689 g/mol. The maximum absolute atomic E-state index is 13.0. The van der Waals surface area contributed by atoms with Crippen LogP contribution in [0.25, 0.3) is 0 Å². The number of amides is 1. The number of ether oxygens (including phenoxy) is 5. The lowest BCUT2D eigenvalue weighted by Gasteiger charge is -2.37. The normalized spacial score (nSPS) is 19.0. The number of nitrogens with zero attached hydrogens (tertiary/aromatic N) is 2. The van der Waals surface area contributed by atoms with E-state index in [0.717, 1.165) is 21.3 Å². The molecule has 1 amide bonds. The van der Waals surface area contributed by atoms with Gasteiger partial charge in [-0.15, -0.1) is 0 Å². The Morgan fingerprint density at radius 2 is 1.52 bits per heavy atom. The molecule has 1 aliphatic rings. The first kappa shape index (κ1) is 36.5. The van der Waals surface area contributed by atoms with E-state index in [2.05, 4.69) is 10.3 Å².